The van der Waals surface area contributed by atoms with Gasteiger partial charge >= 0.3 is 0 Å². The van der Waals surface area contributed by atoms with Crippen molar-refractivity contribution in [2.45, 2.75) is 88.7 Å². The number of carbonyl (C=O) groups is 7. The monoisotopic (exact) mass is 792 g/mol. The molecule has 2 heterocycles. The largest absolute Gasteiger partial charge is 0.391 e. The first-order valence-electron chi connectivity index (χ1n) is 18.6. The summed E-state index contributed by atoms with van der Waals surface area (Å²) in [5.74, 6) is -6.25. The summed E-state index contributed by atoms with van der Waals surface area (Å²) in [6.45, 7) is 3.07. The molecule has 2 aromatic carbocycles. The molecule has 1 fully saturated rings. The van der Waals surface area contributed by atoms with E-state index in [1.165, 1.54) is 13.8 Å². The highest BCUT2D eigenvalue weighted by Crippen LogP contribution is 2.22. The molecule has 0 bridgehead atoms. The van der Waals surface area contributed by atoms with Crippen molar-refractivity contribution in [1.82, 2.24) is 31.6 Å². The maximum atomic E-state index is 14.4. The van der Waals surface area contributed by atoms with Crippen molar-refractivity contribution in [2.75, 3.05) is 18.1 Å². The Morgan fingerprint density at radius 3 is 2.23 bits per heavy atom. The fourth-order valence-electron chi connectivity index (χ4n) is 6.39. The Labute approximate surface area is 329 Å². The summed E-state index contributed by atoms with van der Waals surface area (Å²) < 4.78 is 0. The summed E-state index contributed by atoms with van der Waals surface area (Å²) in [4.78, 5) is 97.7. The maximum absolute atomic E-state index is 14.4. The Kier molecular flexibility index (Phi) is 16.4. The predicted molar refractivity (Wildman–Crippen MR) is 212 cm³/mol. The van der Waals surface area contributed by atoms with Crippen molar-refractivity contribution >= 4 is 63.9 Å². The lowest BCUT2D eigenvalue weighted by Crippen LogP contribution is -2.58. The van der Waals surface area contributed by atoms with Crippen molar-refractivity contribution in [3.63, 3.8) is 0 Å². The first-order chi connectivity index (χ1) is 26.8. The first kappa shape index (κ1) is 43.5. The van der Waals surface area contributed by atoms with E-state index in [0.29, 0.717) is 19.4 Å². The molecule has 17 heteroatoms. The molecule has 3 aromatic rings. The number of Topliss-reactive ketones (excluding diaryl/α,β-unsaturated/α-hetero) is 1. The highest BCUT2D eigenvalue weighted by Gasteiger charge is 2.35. The van der Waals surface area contributed by atoms with Gasteiger partial charge in [0.15, 0.2) is 5.78 Å². The molecular weight excluding hydrogens is 741 g/mol. The second-order valence-electron chi connectivity index (χ2n) is 14.0. The Balaban J connectivity index is 1.74. The van der Waals surface area contributed by atoms with E-state index in [9.17, 15) is 38.7 Å². The van der Waals surface area contributed by atoms with Crippen LogP contribution in [0.25, 0.3) is 10.9 Å². The SMILES string of the molecule is C[C@@H]1NC(=O)CSC[C@@H](C(N)=O)NC(=O)[C@H]([C@@H](C)O)NC(=O)[C@H](CCCCN)CC(=O)[C@@H](Cc2c[nH]c3ccccc23)NC(=O)[C@H](Cc2ccccc2)NC1=O. The van der Waals surface area contributed by atoms with Crippen LogP contribution in [0, 0.1) is 5.92 Å². The summed E-state index contributed by atoms with van der Waals surface area (Å²) in [5.41, 5.74) is 13.5. The highest BCUT2D eigenvalue weighted by atomic mass is 32.2. The van der Waals surface area contributed by atoms with Crippen LogP contribution >= 0.6 is 11.8 Å². The van der Waals surface area contributed by atoms with Crippen molar-refractivity contribution in [2.24, 2.45) is 17.4 Å². The summed E-state index contributed by atoms with van der Waals surface area (Å²) in [6, 6.07) is 10.2. The average Bonchev–Trinajstić information content (AvgIpc) is 3.57. The number of amides is 6. The van der Waals surface area contributed by atoms with Gasteiger partial charge in [0.25, 0.3) is 0 Å². The number of primary amides is 1. The third-order valence-electron chi connectivity index (χ3n) is 9.56. The lowest BCUT2D eigenvalue weighted by atomic mass is 9.90. The van der Waals surface area contributed by atoms with Crippen LogP contribution in [0.3, 0.4) is 0 Å². The van der Waals surface area contributed by atoms with Crippen LogP contribution in [0.1, 0.15) is 50.7 Å². The predicted octanol–water partition coefficient (Wildman–Crippen LogP) is -0.286. The van der Waals surface area contributed by atoms with Crippen molar-refractivity contribution in [3.8, 4) is 0 Å². The minimum atomic E-state index is -1.53. The van der Waals surface area contributed by atoms with E-state index in [0.717, 1.165) is 33.8 Å². The third-order valence-corrected chi connectivity index (χ3v) is 10.6. The molecule has 7 atom stereocenters. The van der Waals surface area contributed by atoms with E-state index in [2.05, 4.69) is 31.6 Å². The van der Waals surface area contributed by atoms with Gasteiger partial charge in [-0.1, -0.05) is 55.0 Å². The van der Waals surface area contributed by atoms with E-state index in [4.69, 9.17) is 11.5 Å². The zero-order valence-electron chi connectivity index (χ0n) is 31.5. The van der Waals surface area contributed by atoms with Gasteiger partial charge in [0.05, 0.1) is 17.9 Å². The minimum Gasteiger partial charge on any atom is -0.391 e. The minimum absolute atomic E-state index is 0.0368. The number of ketones is 1. The fraction of sp³-hybridized carbons (Fsp3) is 0.462. The Morgan fingerprint density at radius 2 is 1.54 bits per heavy atom. The van der Waals surface area contributed by atoms with Crippen LogP contribution in [0.15, 0.2) is 60.8 Å². The number of nitrogens with two attached hydrogens (primary N) is 2. The number of nitrogens with one attached hydrogen (secondary N) is 6. The molecule has 1 aromatic heterocycles. The second-order valence-corrected chi connectivity index (χ2v) is 15.1. The number of aromatic amines is 1. The van der Waals surface area contributed by atoms with E-state index >= 15 is 0 Å². The molecule has 6 amide bonds. The number of fused-ring (bicyclic) bond motifs is 1. The summed E-state index contributed by atoms with van der Waals surface area (Å²) in [7, 11) is 0. The van der Waals surface area contributed by atoms with Crippen LogP contribution in [-0.4, -0.2) is 106 Å². The number of aliphatic hydroxyl groups is 1. The molecule has 16 nitrogen and oxygen atoms in total. The van der Waals surface area contributed by atoms with Crippen molar-refractivity contribution in [3.05, 3.63) is 71.9 Å². The molecule has 0 aliphatic carbocycles. The third kappa shape index (κ3) is 12.6. The standard InChI is InChI=1S/C39H52N8O8S/c1-22-36(52)45-30(16-24-10-4-3-5-11-24)38(54)44-29(17-26-19-42-28-14-7-6-13-27(26)28)32(49)18-25(12-8-9-15-40)37(53)47-34(23(2)48)39(55)46-31(35(41)51)20-56-21-33(50)43-22/h3-7,10-11,13-14,19,22-23,25,29-31,34,42,48H,8-9,12,15-18,20-21,40H2,1-2H3,(H2,41,51)(H,43,50)(H,44,54)(H,45,52)(H,46,55)(H,47,53)/t22-,23+,25+,29+,30-,31-,34-/m0/s1. The number of rotatable bonds is 10. The zero-order valence-corrected chi connectivity index (χ0v) is 32.4. The molecule has 1 aliphatic heterocycles. The number of para-hydroxylation sites is 1. The number of H-pyrrole nitrogens is 1. The van der Waals surface area contributed by atoms with Gasteiger partial charge in [0.2, 0.25) is 35.4 Å². The molecule has 0 unspecified atom stereocenters. The maximum Gasteiger partial charge on any atom is 0.245 e. The van der Waals surface area contributed by atoms with Crippen LogP contribution in [-0.2, 0) is 46.4 Å². The molecular formula is C39H52N8O8S. The summed E-state index contributed by atoms with van der Waals surface area (Å²) >= 11 is 0.959. The van der Waals surface area contributed by atoms with Gasteiger partial charge < -0.3 is 48.1 Å². The van der Waals surface area contributed by atoms with Gasteiger partial charge in [0, 0.05) is 48.0 Å². The Morgan fingerprint density at radius 1 is 0.839 bits per heavy atom. The Bertz CT molecular complexity index is 1850. The summed E-state index contributed by atoms with van der Waals surface area (Å²) in [6.07, 6.45) is 1.27. The molecule has 302 valence electrons. The number of carbonyl (C=O) groups excluding carboxylic acids is 7. The number of thioether (sulfide) groups is 1. The molecule has 0 spiro atoms. The molecule has 1 saturated heterocycles. The number of aromatic nitrogens is 1. The average molecular weight is 793 g/mol. The number of benzene rings is 2. The van der Waals surface area contributed by atoms with E-state index in [1.807, 2.05) is 30.3 Å². The van der Waals surface area contributed by atoms with Gasteiger partial charge in [-0.2, -0.15) is 0 Å². The van der Waals surface area contributed by atoms with Crippen LogP contribution < -0.4 is 38.1 Å². The lowest BCUT2D eigenvalue weighted by molar-refractivity contribution is -0.136. The molecule has 0 radical (unpaired) electrons. The van der Waals surface area contributed by atoms with Gasteiger partial charge in [-0.05, 0) is 50.4 Å². The first-order valence-corrected chi connectivity index (χ1v) is 19.8. The molecule has 1 aliphatic rings. The van der Waals surface area contributed by atoms with E-state index in [1.54, 1.807) is 30.5 Å². The molecule has 4 rings (SSSR count). The van der Waals surface area contributed by atoms with E-state index in [-0.39, 0.29) is 37.2 Å². The van der Waals surface area contributed by atoms with Gasteiger partial charge in [-0.25, -0.2) is 0 Å². The van der Waals surface area contributed by atoms with E-state index < -0.39 is 83.5 Å². The molecule has 11 N–H and O–H groups in total. The molecule has 0 saturated carbocycles. The highest BCUT2D eigenvalue weighted by molar-refractivity contribution is 8.00. The topological polar surface area (TPSA) is 268 Å². The lowest BCUT2D eigenvalue weighted by Gasteiger charge is -2.27. The smallest absolute Gasteiger partial charge is 0.245 e. The van der Waals surface area contributed by atoms with Crippen LogP contribution in [0.2, 0.25) is 0 Å². The number of hydrogen-bond acceptors (Lipinski definition) is 10. The number of hydrogen-bond donors (Lipinski definition) is 9. The van der Waals surface area contributed by atoms with Gasteiger partial charge in [-0.3, -0.25) is 33.6 Å². The quantitative estimate of drug-likeness (QED) is 0.121. The fourth-order valence-corrected chi connectivity index (χ4v) is 7.26. The molecule has 56 heavy (non-hydrogen) atoms. The zero-order chi connectivity index (χ0) is 40.8. The van der Waals surface area contributed by atoms with Crippen LogP contribution in [0.4, 0.5) is 0 Å². The van der Waals surface area contributed by atoms with Crippen molar-refractivity contribution < 1.29 is 38.7 Å². The Hall–Kier alpha value is -5.26. The van der Waals surface area contributed by atoms with Crippen LogP contribution in [0.5, 0.6) is 0 Å². The number of aliphatic hydroxyl groups excluding tert-OH is 1. The van der Waals surface area contributed by atoms with Gasteiger partial charge in [-0.15, -0.1) is 11.8 Å². The second kappa shape index (κ2) is 21.2. The van der Waals surface area contributed by atoms with Gasteiger partial charge in [0.1, 0.15) is 24.2 Å². The normalized spacial score (nSPS) is 24.5. The summed E-state index contributed by atoms with van der Waals surface area (Å²) in [5, 5.41) is 24.6. The number of unbranched alkanes of at least 4 members (excludes halogenated alkanes) is 1. The van der Waals surface area contributed by atoms with Crippen molar-refractivity contribution in [1.29, 1.82) is 0 Å².